The monoisotopic (exact) mass is 376 g/mol. The van der Waals surface area contributed by atoms with Gasteiger partial charge in [0, 0.05) is 27.8 Å². The number of likely N-dealkylation sites (tertiary alicyclic amines) is 1. The molecule has 0 aliphatic carbocycles. The van der Waals surface area contributed by atoms with Gasteiger partial charge >= 0.3 is 0 Å². The average Bonchev–Trinajstić information content (AvgIpc) is 2.60. The minimum atomic E-state index is -0.211. The van der Waals surface area contributed by atoms with E-state index in [-0.39, 0.29) is 5.91 Å². The first-order chi connectivity index (χ1) is 12.1. The van der Waals surface area contributed by atoms with E-state index in [9.17, 15) is 4.79 Å². The van der Waals surface area contributed by atoms with Gasteiger partial charge in [0.15, 0.2) is 0 Å². The minimum absolute atomic E-state index is 0.211. The summed E-state index contributed by atoms with van der Waals surface area (Å²) in [5.41, 5.74) is 2.47. The highest BCUT2D eigenvalue weighted by Gasteiger charge is 2.11. The molecule has 0 aromatic heterocycles. The van der Waals surface area contributed by atoms with E-state index in [4.69, 9.17) is 23.2 Å². The second-order valence-corrected chi connectivity index (χ2v) is 7.34. The zero-order valence-electron chi connectivity index (χ0n) is 14.1. The Morgan fingerprint density at radius 2 is 1.72 bits per heavy atom. The van der Waals surface area contributed by atoms with Crippen LogP contribution in [0.2, 0.25) is 10.0 Å². The third-order valence-corrected chi connectivity index (χ3v) is 4.91. The van der Waals surface area contributed by atoms with Gasteiger partial charge in [-0.25, -0.2) is 0 Å². The van der Waals surface area contributed by atoms with Crippen molar-refractivity contribution in [3.05, 3.63) is 63.6 Å². The number of nitrogens with one attached hydrogen (secondary N) is 1. The first-order valence-corrected chi connectivity index (χ1v) is 9.44. The van der Waals surface area contributed by atoms with Gasteiger partial charge in [0.25, 0.3) is 5.91 Å². The number of anilines is 1. The largest absolute Gasteiger partial charge is 0.322 e. The molecule has 2 aromatic rings. The Balaban J connectivity index is 1.61. The highest BCUT2D eigenvalue weighted by Crippen LogP contribution is 2.20. The molecule has 0 atom stereocenters. The van der Waals surface area contributed by atoms with Crippen LogP contribution in [0.15, 0.2) is 42.5 Å². The summed E-state index contributed by atoms with van der Waals surface area (Å²) in [6.45, 7) is 3.47. The standard InChI is InChI=1S/C20H22Cl2N2O/c21-17-12-16(13-18(22)14-17)20(25)23-19-6-4-5-15(11-19)7-10-24-8-2-1-3-9-24/h4-6,11-14H,1-3,7-10H2,(H,23,25). The SMILES string of the molecule is O=C(Nc1cccc(CCN2CCCCC2)c1)c1cc(Cl)cc(Cl)c1. The molecule has 0 spiro atoms. The van der Waals surface area contributed by atoms with E-state index >= 15 is 0 Å². The van der Waals surface area contributed by atoms with Crippen LogP contribution in [0.4, 0.5) is 5.69 Å². The van der Waals surface area contributed by atoms with Crippen molar-refractivity contribution in [1.82, 2.24) is 4.90 Å². The molecule has 1 fully saturated rings. The number of hydrogen-bond donors (Lipinski definition) is 1. The van der Waals surface area contributed by atoms with E-state index < -0.39 is 0 Å². The first kappa shape index (κ1) is 18.2. The summed E-state index contributed by atoms with van der Waals surface area (Å²) >= 11 is 11.9. The summed E-state index contributed by atoms with van der Waals surface area (Å²) in [6.07, 6.45) is 4.95. The average molecular weight is 377 g/mol. The number of rotatable bonds is 5. The van der Waals surface area contributed by atoms with Crippen molar-refractivity contribution in [3.8, 4) is 0 Å². The summed E-state index contributed by atoms with van der Waals surface area (Å²) in [4.78, 5) is 14.9. The van der Waals surface area contributed by atoms with Gasteiger partial charge in [-0.3, -0.25) is 4.79 Å². The van der Waals surface area contributed by atoms with Crippen molar-refractivity contribution in [2.24, 2.45) is 0 Å². The molecular weight excluding hydrogens is 355 g/mol. The topological polar surface area (TPSA) is 32.3 Å². The molecule has 0 bridgehead atoms. The van der Waals surface area contributed by atoms with Crippen LogP contribution in [0.5, 0.6) is 0 Å². The van der Waals surface area contributed by atoms with Crippen molar-refractivity contribution in [2.75, 3.05) is 25.0 Å². The van der Waals surface area contributed by atoms with Crippen LogP contribution in [0.1, 0.15) is 35.2 Å². The summed E-state index contributed by atoms with van der Waals surface area (Å²) in [6, 6.07) is 12.9. The van der Waals surface area contributed by atoms with Crippen molar-refractivity contribution in [1.29, 1.82) is 0 Å². The smallest absolute Gasteiger partial charge is 0.255 e. The summed E-state index contributed by atoms with van der Waals surface area (Å²) < 4.78 is 0. The third kappa shape index (κ3) is 5.46. The number of hydrogen-bond acceptors (Lipinski definition) is 2. The summed E-state index contributed by atoms with van der Waals surface area (Å²) in [5, 5.41) is 3.82. The number of amides is 1. The lowest BCUT2D eigenvalue weighted by molar-refractivity contribution is 0.102. The second kappa shape index (κ2) is 8.70. The quantitative estimate of drug-likeness (QED) is 0.770. The Bertz CT molecular complexity index is 722. The molecular formula is C20H22Cl2N2O. The normalized spacial score (nSPS) is 15.1. The Labute approximate surface area is 158 Å². The number of benzene rings is 2. The van der Waals surface area contributed by atoms with Gasteiger partial charge < -0.3 is 10.2 Å². The lowest BCUT2D eigenvalue weighted by atomic mass is 10.1. The zero-order chi connectivity index (χ0) is 17.6. The third-order valence-electron chi connectivity index (χ3n) is 4.47. The van der Waals surface area contributed by atoms with E-state index in [2.05, 4.69) is 16.3 Å². The zero-order valence-corrected chi connectivity index (χ0v) is 15.6. The maximum Gasteiger partial charge on any atom is 0.255 e. The number of halogens is 2. The number of carbonyl (C=O) groups is 1. The van der Waals surface area contributed by atoms with E-state index in [1.54, 1.807) is 18.2 Å². The molecule has 0 saturated carbocycles. The summed E-state index contributed by atoms with van der Waals surface area (Å²) in [5.74, 6) is -0.211. The van der Waals surface area contributed by atoms with Crippen LogP contribution in [0, 0.1) is 0 Å². The fourth-order valence-electron chi connectivity index (χ4n) is 3.16. The van der Waals surface area contributed by atoms with Crippen molar-refractivity contribution < 1.29 is 4.79 Å². The molecule has 0 radical (unpaired) electrons. The number of carbonyl (C=O) groups excluding carboxylic acids is 1. The molecule has 5 heteroatoms. The van der Waals surface area contributed by atoms with Crippen LogP contribution >= 0.6 is 23.2 Å². The van der Waals surface area contributed by atoms with Gasteiger partial charge in [-0.15, -0.1) is 0 Å². The molecule has 25 heavy (non-hydrogen) atoms. The fourth-order valence-corrected chi connectivity index (χ4v) is 3.69. The van der Waals surface area contributed by atoms with Crippen LogP contribution < -0.4 is 5.32 Å². The predicted octanol–water partition coefficient (Wildman–Crippen LogP) is 5.27. The van der Waals surface area contributed by atoms with Gasteiger partial charge in [0.05, 0.1) is 0 Å². The maximum atomic E-state index is 12.4. The lowest BCUT2D eigenvalue weighted by Crippen LogP contribution is -2.31. The maximum absolute atomic E-state index is 12.4. The molecule has 1 saturated heterocycles. The predicted molar refractivity (Wildman–Crippen MR) is 105 cm³/mol. The fraction of sp³-hybridized carbons (Fsp3) is 0.350. The Hall–Kier alpha value is -1.55. The molecule has 1 aliphatic rings. The molecule has 1 heterocycles. The van der Waals surface area contributed by atoms with Crippen LogP contribution in [-0.4, -0.2) is 30.4 Å². The van der Waals surface area contributed by atoms with E-state index in [1.165, 1.54) is 37.9 Å². The van der Waals surface area contributed by atoms with E-state index in [0.717, 1.165) is 18.7 Å². The van der Waals surface area contributed by atoms with E-state index in [0.29, 0.717) is 15.6 Å². The second-order valence-electron chi connectivity index (χ2n) is 6.46. The molecule has 1 N–H and O–H groups in total. The van der Waals surface area contributed by atoms with E-state index in [1.807, 2.05) is 18.2 Å². The Kier molecular flexibility index (Phi) is 6.35. The van der Waals surface area contributed by atoms with Crippen molar-refractivity contribution >= 4 is 34.8 Å². The van der Waals surface area contributed by atoms with Crippen molar-refractivity contribution in [3.63, 3.8) is 0 Å². The van der Waals surface area contributed by atoms with Gasteiger partial charge in [0.2, 0.25) is 0 Å². The Morgan fingerprint density at radius 1 is 1.00 bits per heavy atom. The van der Waals surface area contributed by atoms with Crippen LogP contribution in [-0.2, 0) is 6.42 Å². The molecule has 3 rings (SSSR count). The Morgan fingerprint density at radius 3 is 2.44 bits per heavy atom. The first-order valence-electron chi connectivity index (χ1n) is 8.69. The molecule has 2 aromatic carbocycles. The molecule has 1 amide bonds. The molecule has 0 unspecified atom stereocenters. The lowest BCUT2D eigenvalue weighted by Gasteiger charge is -2.26. The highest BCUT2D eigenvalue weighted by molar-refractivity contribution is 6.35. The number of piperidine rings is 1. The highest BCUT2D eigenvalue weighted by atomic mass is 35.5. The molecule has 3 nitrogen and oxygen atoms in total. The van der Waals surface area contributed by atoms with Gasteiger partial charge in [-0.2, -0.15) is 0 Å². The van der Waals surface area contributed by atoms with Gasteiger partial charge in [0.1, 0.15) is 0 Å². The number of nitrogens with zero attached hydrogens (tertiary/aromatic N) is 1. The van der Waals surface area contributed by atoms with Gasteiger partial charge in [-0.1, -0.05) is 41.8 Å². The minimum Gasteiger partial charge on any atom is -0.322 e. The van der Waals surface area contributed by atoms with Crippen LogP contribution in [0.25, 0.3) is 0 Å². The molecule has 132 valence electrons. The van der Waals surface area contributed by atoms with Gasteiger partial charge in [-0.05, 0) is 68.2 Å². The summed E-state index contributed by atoms with van der Waals surface area (Å²) in [7, 11) is 0. The van der Waals surface area contributed by atoms with Crippen LogP contribution in [0.3, 0.4) is 0 Å². The van der Waals surface area contributed by atoms with Crippen molar-refractivity contribution in [2.45, 2.75) is 25.7 Å². The molecule has 1 aliphatic heterocycles.